The molecule has 0 unspecified atom stereocenters. The largest absolute Gasteiger partial charge is 0.480 e. The van der Waals surface area contributed by atoms with Crippen LogP contribution in [0.1, 0.15) is 32.8 Å². The van der Waals surface area contributed by atoms with Crippen LogP contribution >= 0.6 is 0 Å². The molecule has 5 heteroatoms. The normalized spacial score (nSPS) is 17.7. The first kappa shape index (κ1) is 15.5. The summed E-state index contributed by atoms with van der Waals surface area (Å²) < 4.78 is 0. The Hall–Kier alpha value is -1.88. The second-order valence-electron chi connectivity index (χ2n) is 6.38. The molecule has 0 spiro atoms. The summed E-state index contributed by atoms with van der Waals surface area (Å²) in [6, 6.07) is 6.60. The van der Waals surface area contributed by atoms with Gasteiger partial charge in [0.25, 0.3) is 0 Å². The Labute approximate surface area is 125 Å². The van der Waals surface area contributed by atoms with Crippen molar-refractivity contribution in [1.82, 2.24) is 5.32 Å². The first-order valence-electron chi connectivity index (χ1n) is 7.17. The molecule has 114 valence electrons. The zero-order valence-electron chi connectivity index (χ0n) is 12.7. The number of rotatable bonds is 4. The molecule has 1 amide bonds. The van der Waals surface area contributed by atoms with Crippen LogP contribution in [0.4, 0.5) is 5.69 Å². The van der Waals surface area contributed by atoms with Gasteiger partial charge in [-0.15, -0.1) is 0 Å². The van der Waals surface area contributed by atoms with E-state index < -0.39 is 12.0 Å². The lowest BCUT2D eigenvalue weighted by Crippen LogP contribution is -2.45. The summed E-state index contributed by atoms with van der Waals surface area (Å²) >= 11 is 0. The third kappa shape index (κ3) is 3.61. The number of amides is 1. The van der Waals surface area contributed by atoms with E-state index in [4.69, 9.17) is 0 Å². The maximum Gasteiger partial charge on any atom is 0.327 e. The summed E-state index contributed by atoms with van der Waals surface area (Å²) in [5, 5.41) is 12.6. The van der Waals surface area contributed by atoms with Crippen molar-refractivity contribution in [2.75, 3.05) is 11.4 Å². The SMILES string of the molecule is CC(C)(C)NCCC(=O)N1c2ccccc2C[C@H]1C(=O)O. The van der Waals surface area contributed by atoms with Crippen LogP contribution in [0.5, 0.6) is 0 Å². The molecule has 21 heavy (non-hydrogen) atoms. The van der Waals surface area contributed by atoms with E-state index in [9.17, 15) is 14.7 Å². The van der Waals surface area contributed by atoms with Crippen LogP contribution in [-0.4, -0.2) is 35.1 Å². The molecule has 0 saturated carbocycles. The highest BCUT2D eigenvalue weighted by molar-refractivity contribution is 6.01. The van der Waals surface area contributed by atoms with Crippen LogP contribution < -0.4 is 10.2 Å². The number of benzene rings is 1. The molecule has 0 saturated heterocycles. The minimum Gasteiger partial charge on any atom is -0.480 e. The molecule has 2 N–H and O–H groups in total. The lowest BCUT2D eigenvalue weighted by molar-refractivity contribution is -0.139. The van der Waals surface area contributed by atoms with Crippen LogP contribution in [0.15, 0.2) is 24.3 Å². The number of hydrogen-bond donors (Lipinski definition) is 2. The zero-order chi connectivity index (χ0) is 15.6. The summed E-state index contributed by atoms with van der Waals surface area (Å²) in [5.74, 6) is -1.10. The number of fused-ring (bicyclic) bond motifs is 1. The second kappa shape index (κ2) is 5.85. The van der Waals surface area contributed by atoms with Gasteiger partial charge in [-0.25, -0.2) is 4.79 Å². The van der Waals surface area contributed by atoms with E-state index in [-0.39, 0.29) is 17.9 Å². The van der Waals surface area contributed by atoms with Gasteiger partial charge in [-0.2, -0.15) is 0 Å². The van der Waals surface area contributed by atoms with Gasteiger partial charge >= 0.3 is 5.97 Å². The average Bonchev–Trinajstić information content (AvgIpc) is 2.76. The Kier molecular flexibility index (Phi) is 4.32. The fourth-order valence-corrected chi connectivity index (χ4v) is 2.56. The predicted octanol–water partition coefficient (Wildman–Crippen LogP) is 1.81. The molecule has 0 bridgehead atoms. The molecule has 0 aliphatic carbocycles. The number of nitrogens with zero attached hydrogens (tertiary/aromatic N) is 1. The molecular formula is C16H22N2O3. The number of nitrogens with one attached hydrogen (secondary N) is 1. The number of carbonyl (C=O) groups excluding carboxylic acids is 1. The smallest absolute Gasteiger partial charge is 0.327 e. The van der Waals surface area contributed by atoms with Gasteiger partial charge in [-0.3, -0.25) is 9.69 Å². The lowest BCUT2D eigenvalue weighted by Gasteiger charge is -2.24. The summed E-state index contributed by atoms with van der Waals surface area (Å²) in [4.78, 5) is 25.3. The van der Waals surface area contributed by atoms with Gasteiger partial charge in [-0.05, 0) is 32.4 Å². The van der Waals surface area contributed by atoms with E-state index in [0.717, 1.165) is 11.3 Å². The van der Waals surface area contributed by atoms with Gasteiger partial charge in [0, 0.05) is 30.6 Å². The topological polar surface area (TPSA) is 69.6 Å². The van der Waals surface area contributed by atoms with Crippen LogP contribution in [0.2, 0.25) is 0 Å². The average molecular weight is 290 g/mol. The minimum atomic E-state index is -0.955. The minimum absolute atomic E-state index is 0.0601. The highest BCUT2D eigenvalue weighted by Crippen LogP contribution is 2.32. The number of aliphatic carboxylic acids is 1. The van der Waals surface area contributed by atoms with Crippen molar-refractivity contribution in [3.63, 3.8) is 0 Å². The molecule has 1 atom stereocenters. The fraction of sp³-hybridized carbons (Fsp3) is 0.500. The van der Waals surface area contributed by atoms with Crippen LogP contribution in [0.3, 0.4) is 0 Å². The predicted molar refractivity (Wildman–Crippen MR) is 81.4 cm³/mol. The molecule has 0 fully saturated rings. The van der Waals surface area contributed by atoms with E-state index in [2.05, 4.69) is 5.32 Å². The number of hydrogen-bond acceptors (Lipinski definition) is 3. The maximum atomic E-state index is 12.4. The summed E-state index contributed by atoms with van der Waals surface area (Å²) in [5.41, 5.74) is 1.59. The third-order valence-corrected chi connectivity index (χ3v) is 3.52. The molecule has 0 radical (unpaired) electrons. The van der Waals surface area contributed by atoms with Crippen molar-refractivity contribution >= 4 is 17.6 Å². The highest BCUT2D eigenvalue weighted by atomic mass is 16.4. The van der Waals surface area contributed by atoms with Crippen LogP contribution in [0, 0.1) is 0 Å². The van der Waals surface area contributed by atoms with E-state index in [1.807, 2.05) is 45.0 Å². The standard InChI is InChI=1S/C16H22N2O3/c1-16(2,3)17-9-8-14(19)18-12-7-5-4-6-11(12)10-13(18)15(20)21/h4-7,13,17H,8-10H2,1-3H3,(H,20,21)/t13-/m0/s1. The Morgan fingerprint density at radius 3 is 2.62 bits per heavy atom. The first-order chi connectivity index (χ1) is 9.79. The first-order valence-corrected chi connectivity index (χ1v) is 7.17. The molecule has 1 aliphatic heterocycles. The van der Waals surface area contributed by atoms with Crippen LogP contribution in [-0.2, 0) is 16.0 Å². The number of carboxylic acid groups (broad SMARTS) is 1. The quantitative estimate of drug-likeness (QED) is 0.887. The zero-order valence-corrected chi connectivity index (χ0v) is 12.7. The van der Waals surface area contributed by atoms with Gasteiger partial charge in [0.2, 0.25) is 5.91 Å². The Morgan fingerprint density at radius 2 is 2.00 bits per heavy atom. The molecule has 5 nitrogen and oxygen atoms in total. The molecule has 1 aliphatic rings. The van der Waals surface area contributed by atoms with E-state index in [1.54, 1.807) is 0 Å². The van der Waals surface area contributed by atoms with Crippen molar-refractivity contribution in [3.05, 3.63) is 29.8 Å². The van der Waals surface area contributed by atoms with Gasteiger partial charge in [0.1, 0.15) is 6.04 Å². The summed E-state index contributed by atoms with van der Waals surface area (Å²) in [6.07, 6.45) is 0.666. The Balaban J connectivity index is 2.11. The van der Waals surface area contributed by atoms with Gasteiger partial charge in [0.05, 0.1) is 0 Å². The van der Waals surface area contributed by atoms with Gasteiger partial charge in [-0.1, -0.05) is 18.2 Å². The Bertz CT molecular complexity index is 549. The second-order valence-corrected chi connectivity index (χ2v) is 6.38. The molecule has 1 heterocycles. The van der Waals surface area contributed by atoms with E-state index in [0.29, 0.717) is 13.0 Å². The van der Waals surface area contributed by atoms with Crippen molar-refractivity contribution in [1.29, 1.82) is 0 Å². The van der Waals surface area contributed by atoms with Crippen molar-refractivity contribution in [2.45, 2.75) is 45.2 Å². The molecule has 0 aromatic heterocycles. The summed E-state index contributed by atoms with van der Waals surface area (Å²) in [6.45, 7) is 6.63. The molecule has 1 aromatic rings. The maximum absolute atomic E-state index is 12.4. The third-order valence-electron chi connectivity index (χ3n) is 3.52. The van der Waals surface area contributed by atoms with E-state index in [1.165, 1.54) is 4.90 Å². The Morgan fingerprint density at radius 1 is 1.33 bits per heavy atom. The summed E-state index contributed by atoms with van der Waals surface area (Å²) in [7, 11) is 0. The highest BCUT2D eigenvalue weighted by Gasteiger charge is 2.37. The van der Waals surface area contributed by atoms with Gasteiger partial charge in [0.15, 0.2) is 0 Å². The molecule has 2 rings (SSSR count). The van der Waals surface area contributed by atoms with Crippen LogP contribution in [0.25, 0.3) is 0 Å². The fourth-order valence-electron chi connectivity index (χ4n) is 2.56. The lowest BCUT2D eigenvalue weighted by atomic mass is 10.1. The molecule has 1 aromatic carbocycles. The number of para-hydroxylation sites is 1. The monoisotopic (exact) mass is 290 g/mol. The number of anilines is 1. The molecular weight excluding hydrogens is 268 g/mol. The number of carboxylic acids is 1. The van der Waals surface area contributed by atoms with Gasteiger partial charge < -0.3 is 10.4 Å². The van der Waals surface area contributed by atoms with E-state index >= 15 is 0 Å². The van der Waals surface area contributed by atoms with Crippen molar-refractivity contribution in [3.8, 4) is 0 Å². The van der Waals surface area contributed by atoms with Crippen molar-refractivity contribution < 1.29 is 14.7 Å². The van der Waals surface area contributed by atoms with Crippen molar-refractivity contribution in [2.24, 2.45) is 0 Å². The number of carbonyl (C=O) groups is 2.